The molecule has 0 aromatic heterocycles. The Balaban J connectivity index is 1.79. The highest BCUT2D eigenvalue weighted by atomic mass is 16.5. The summed E-state index contributed by atoms with van der Waals surface area (Å²) in [4.78, 5) is 25.3. The monoisotopic (exact) mass is 275 g/mol. The van der Waals surface area contributed by atoms with E-state index in [-0.39, 0.29) is 23.6 Å². The van der Waals surface area contributed by atoms with Crippen molar-refractivity contribution in [3.63, 3.8) is 0 Å². The van der Waals surface area contributed by atoms with Crippen LogP contribution >= 0.6 is 0 Å². The van der Waals surface area contributed by atoms with Crippen LogP contribution in [0.5, 0.6) is 0 Å². The summed E-state index contributed by atoms with van der Waals surface area (Å²) in [5.74, 6) is -1.01. The van der Waals surface area contributed by atoms with Crippen LogP contribution in [0.1, 0.15) is 40.0 Å². The van der Waals surface area contributed by atoms with Crippen LogP contribution in [0.15, 0.2) is 24.3 Å². The summed E-state index contributed by atoms with van der Waals surface area (Å²) in [7, 11) is 0. The van der Waals surface area contributed by atoms with Gasteiger partial charge in [0.05, 0.1) is 24.3 Å². The van der Waals surface area contributed by atoms with E-state index in [0.717, 1.165) is 19.3 Å². The molecule has 5 nitrogen and oxygen atoms in total. The zero-order chi connectivity index (χ0) is 14.1. The number of hydrogen-bond acceptors (Lipinski definition) is 3. The van der Waals surface area contributed by atoms with Crippen molar-refractivity contribution in [1.82, 2.24) is 4.90 Å². The Kier molecular flexibility index (Phi) is 3.44. The Morgan fingerprint density at radius 1 is 1.15 bits per heavy atom. The first-order valence-corrected chi connectivity index (χ1v) is 6.93. The summed E-state index contributed by atoms with van der Waals surface area (Å²) < 4.78 is 5.70. The van der Waals surface area contributed by atoms with Crippen molar-refractivity contribution in [3.8, 4) is 0 Å². The molecule has 20 heavy (non-hydrogen) atoms. The third-order valence-electron chi connectivity index (χ3n) is 4.12. The van der Waals surface area contributed by atoms with Gasteiger partial charge in [-0.05, 0) is 43.5 Å². The van der Waals surface area contributed by atoms with Gasteiger partial charge in [0.2, 0.25) is 0 Å². The van der Waals surface area contributed by atoms with Crippen LogP contribution in [-0.4, -0.2) is 47.2 Å². The van der Waals surface area contributed by atoms with Gasteiger partial charge in [0.1, 0.15) is 0 Å². The lowest BCUT2D eigenvalue weighted by Gasteiger charge is -2.37. The molecule has 1 saturated heterocycles. The maximum atomic E-state index is 12.5. The van der Waals surface area contributed by atoms with Crippen molar-refractivity contribution in [2.24, 2.45) is 0 Å². The number of fused-ring (bicyclic) bond motifs is 1. The lowest BCUT2D eigenvalue weighted by Crippen LogP contribution is -2.51. The Hall–Kier alpha value is -1.88. The molecule has 0 radical (unpaired) electrons. The standard InChI is InChI=1S/C15H17NO4/c17-14(10-4-6-11(7-5-10)15(18)19)16-8-9-20-13-3-1-2-12(13)16/h4-7,12-13H,1-3,8-9H2,(H,18,19)/t12-,13-/m0/s1. The van der Waals surface area contributed by atoms with E-state index in [0.29, 0.717) is 18.7 Å². The van der Waals surface area contributed by atoms with Crippen LogP contribution in [0.25, 0.3) is 0 Å². The van der Waals surface area contributed by atoms with Gasteiger partial charge in [-0.2, -0.15) is 0 Å². The number of nitrogens with zero attached hydrogens (tertiary/aromatic N) is 1. The van der Waals surface area contributed by atoms with E-state index in [4.69, 9.17) is 9.84 Å². The van der Waals surface area contributed by atoms with Gasteiger partial charge in [-0.1, -0.05) is 0 Å². The van der Waals surface area contributed by atoms with Gasteiger partial charge in [-0.25, -0.2) is 4.79 Å². The van der Waals surface area contributed by atoms with Crippen molar-refractivity contribution in [2.75, 3.05) is 13.2 Å². The molecule has 2 aliphatic rings. The number of carbonyl (C=O) groups excluding carboxylic acids is 1. The highest BCUT2D eigenvalue weighted by Gasteiger charge is 2.38. The molecule has 2 atom stereocenters. The van der Waals surface area contributed by atoms with E-state index in [1.165, 1.54) is 12.1 Å². The fourth-order valence-electron chi connectivity index (χ4n) is 3.10. The van der Waals surface area contributed by atoms with Gasteiger partial charge in [0.15, 0.2) is 0 Å². The lowest BCUT2D eigenvalue weighted by molar-refractivity contribution is -0.0445. The zero-order valence-electron chi connectivity index (χ0n) is 11.1. The summed E-state index contributed by atoms with van der Waals surface area (Å²) in [6.07, 6.45) is 3.28. The van der Waals surface area contributed by atoms with E-state index in [1.807, 2.05) is 4.90 Å². The first-order valence-electron chi connectivity index (χ1n) is 6.93. The van der Waals surface area contributed by atoms with Crippen molar-refractivity contribution in [2.45, 2.75) is 31.4 Å². The minimum absolute atomic E-state index is 0.0258. The topological polar surface area (TPSA) is 66.8 Å². The minimum Gasteiger partial charge on any atom is -0.478 e. The fourth-order valence-corrected chi connectivity index (χ4v) is 3.10. The molecular weight excluding hydrogens is 258 g/mol. The smallest absolute Gasteiger partial charge is 0.335 e. The number of carboxylic acid groups (broad SMARTS) is 1. The predicted octanol–water partition coefficient (Wildman–Crippen LogP) is 1.78. The lowest BCUT2D eigenvalue weighted by atomic mass is 10.1. The number of rotatable bonds is 2. The molecular formula is C15H17NO4. The third-order valence-corrected chi connectivity index (χ3v) is 4.12. The molecule has 1 aromatic carbocycles. The number of amides is 1. The van der Waals surface area contributed by atoms with Gasteiger partial charge < -0.3 is 14.7 Å². The molecule has 1 aliphatic heterocycles. The maximum absolute atomic E-state index is 12.5. The van der Waals surface area contributed by atoms with E-state index in [2.05, 4.69) is 0 Å². The van der Waals surface area contributed by atoms with Crippen LogP contribution in [0.2, 0.25) is 0 Å². The summed E-state index contributed by atoms with van der Waals surface area (Å²) in [5.41, 5.74) is 0.741. The summed E-state index contributed by atoms with van der Waals surface area (Å²) in [6, 6.07) is 6.30. The van der Waals surface area contributed by atoms with Gasteiger partial charge in [0.25, 0.3) is 5.91 Å². The number of carboxylic acids is 1. The Morgan fingerprint density at radius 3 is 2.55 bits per heavy atom. The molecule has 1 amide bonds. The normalized spacial score (nSPS) is 25.3. The largest absolute Gasteiger partial charge is 0.478 e. The van der Waals surface area contributed by atoms with Gasteiger partial charge in [-0.3, -0.25) is 4.79 Å². The second-order valence-corrected chi connectivity index (χ2v) is 5.29. The Labute approximate surface area is 117 Å². The number of morpholine rings is 1. The molecule has 5 heteroatoms. The zero-order valence-corrected chi connectivity index (χ0v) is 11.1. The molecule has 1 N–H and O–H groups in total. The molecule has 1 heterocycles. The minimum atomic E-state index is -0.980. The van der Waals surface area contributed by atoms with Crippen molar-refractivity contribution in [3.05, 3.63) is 35.4 Å². The molecule has 0 unspecified atom stereocenters. The molecule has 0 bridgehead atoms. The second-order valence-electron chi connectivity index (χ2n) is 5.29. The van der Waals surface area contributed by atoms with E-state index >= 15 is 0 Å². The molecule has 1 aromatic rings. The van der Waals surface area contributed by atoms with Crippen LogP contribution < -0.4 is 0 Å². The Morgan fingerprint density at radius 2 is 1.85 bits per heavy atom. The molecule has 106 valence electrons. The maximum Gasteiger partial charge on any atom is 0.335 e. The summed E-state index contributed by atoms with van der Waals surface area (Å²) >= 11 is 0. The fraction of sp³-hybridized carbons (Fsp3) is 0.467. The van der Waals surface area contributed by atoms with Crippen LogP contribution in [0.3, 0.4) is 0 Å². The number of carbonyl (C=O) groups is 2. The number of benzene rings is 1. The van der Waals surface area contributed by atoms with E-state index in [1.54, 1.807) is 12.1 Å². The third kappa shape index (κ3) is 2.29. The van der Waals surface area contributed by atoms with Gasteiger partial charge in [-0.15, -0.1) is 0 Å². The molecule has 0 spiro atoms. The van der Waals surface area contributed by atoms with Crippen LogP contribution in [-0.2, 0) is 4.74 Å². The molecule has 1 aliphatic carbocycles. The van der Waals surface area contributed by atoms with Crippen molar-refractivity contribution < 1.29 is 19.4 Å². The highest BCUT2D eigenvalue weighted by Crippen LogP contribution is 2.30. The highest BCUT2D eigenvalue weighted by molar-refractivity contribution is 5.96. The first kappa shape index (κ1) is 13.1. The number of aromatic carboxylic acids is 1. The molecule has 1 saturated carbocycles. The second kappa shape index (κ2) is 5.25. The molecule has 2 fully saturated rings. The van der Waals surface area contributed by atoms with Crippen molar-refractivity contribution >= 4 is 11.9 Å². The summed E-state index contributed by atoms with van der Waals surface area (Å²) in [6.45, 7) is 1.20. The van der Waals surface area contributed by atoms with E-state index < -0.39 is 5.97 Å². The quantitative estimate of drug-likeness (QED) is 0.893. The summed E-state index contributed by atoms with van der Waals surface area (Å²) in [5, 5.41) is 8.87. The number of ether oxygens (including phenoxy) is 1. The van der Waals surface area contributed by atoms with Gasteiger partial charge >= 0.3 is 5.97 Å². The van der Waals surface area contributed by atoms with E-state index in [9.17, 15) is 9.59 Å². The predicted molar refractivity (Wildman–Crippen MR) is 71.8 cm³/mol. The van der Waals surface area contributed by atoms with Crippen LogP contribution in [0.4, 0.5) is 0 Å². The van der Waals surface area contributed by atoms with Gasteiger partial charge in [0, 0.05) is 12.1 Å². The van der Waals surface area contributed by atoms with Crippen LogP contribution in [0, 0.1) is 0 Å². The average Bonchev–Trinajstić information content (AvgIpc) is 2.95. The SMILES string of the molecule is O=C(O)c1ccc(C(=O)N2CCO[C@H]3CCC[C@@H]32)cc1. The molecule has 3 rings (SSSR count). The average molecular weight is 275 g/mol. The van der Waals surface area contributed by atoms with Crippen molar-refractivity contribution in [1.29, 1.82) is 0 Å². The number of hydrogen-bond donors (Lipinski definition) is 1. The Bertz CT molecular complexity index is 525. The first-order chi connectivity index (χ1) is 9.66.